The molecule has 0 heterocycles. The van der Waals surface area contributed by atoms with Crippen molar-refractivity contribution in [2.45, 2.75) is 12.1 Å². The minimum atomic E-state index is -4.93. The van der Waals surface area contributed by atoms with Crippen LogP contribution in [0.25, 0.3) is 0 Å². The number of nitrogens with one attached hydrogen (secondary N) is 1. The zero-order valence-corrected chi connectivity index (χ0v) is 12.0. The van der Waals surface area contributed by atoms with Crippen molar-refractivity contribution in [1.82, 2.24) is 5.32 Å². The Kier molecular flexibility index (Phi) is 7.61. The van der Waals surface area contributed by atoms with Crippen molar-refractivity contribution in [2.24, 2.45) is 5.73 Å². The molecule has 0 rings (SSSR count). The van der Waals surface area contributed by atoms with E-state index in [0.717, 1.165) is 0 Å². The van der Waals surface area contributed by atoms with Crippen LogP contribution in [0.5, 0.6) is 0 Å². The Hall–Kier alpha value is -0.880. The number of carboxylic acid groups (broad SMARTS) is 1. The van der Waals surface area contributed by atoms with Gasteiger partial charge in [0.2, 0.25) is 5.91 Å². The van der Waals surface area contributed by atoms with Gasteiger partial charge in [-0.05, 0) is 0 Å². The van der Waals surface area contributed by atoms with Crippen LogP contribution >= 0.6 is 15.6 Å². The van der Waals surface area contributed by atoms with Crippen molar-refractivity contribution < 1.29 is 52.4 Å². The molecule has 0 unspecified atom stereocenters. The Labute approximate surface area is 117 Å². The van der Waals surface area contributed by atoms with Crippen LogP contribution in [0.1, 0.15) is 0 Å². The summed E-state index contributed by atoms with van der Waals surface area (Å²) in [5.74, 6) is -2.84. The highest BCUT2D eigenvalue weighted by Crippen LogP contribution is 2.36. The van der Waals surface area contributed by atoms with Gasteiger partial charge < -0.3 is 35.7 Å². The normalized spacial score (nSPS) is 15.3. The third kappa shape index (κ3) is 10.5. The van der Waals surface area contributed by atoms with Gasteiger partial charge in [-0.15, -0.1) is 0 Å². The average Bonchev–Trinajstić information content (AvgIpc) is 2.28. The second-order valence-electron chi connectivity index (χ2n) is 3.58. The Morgan fingerprint density at radius 2 is 1.48 bits per heavy atom. The summed E-state index contributed by atoms with van der Waals surface area (Å²) >= 11 is 0. The van der Waals surface area contributed by atoms with Crippen molar-refractivity contribution >= 4 is 27.5 Å². The number of carbonyl (C=O) groups is 2. The molecule has 0 aliphatic carbocycles. The smallest absolute Gasteiger partial charge is 0.469 e. The number of phosphoric ester groups is 2. The minimum Gasteiger partial charge on any atom is -0.480 e. The summed E-state index contributed by atoms with van der Waals surface area (Å²) in [5.41, 5.74) is 5.19. The molecule has 124 valence electrons. The molecule has 15 heteroatoms. The molecule has 8 N–H and O–H groups in total. The van der Waals surface area contributed by atoms with E-state index in [-0.39, 0.29) is 0 Å². The van der Waals surface area contributed by atoms with Crippen molar-refractivity contribution in [3.63, 3.8) is 0 Å². The van der Waals surface area contributed by atoms with Crippen molar-refractivity contribution in [1.29, 1.82) is 0 Å². The number of hydrogen-bond donors (Lipinski definition) is 7. The summed E-state index contributed by atoms with van der Waals surface area (Å²) in [6.07, 6.45) is 0. The molecule has 0 saturated carbocycles. The van der Waals surface area contributed by atoms with Crippen LogP contribution in [0, 0.1) is 0 Å². The van der Waals surface area contributed by atoms with Gasteiger partial charge in [0, 0.05) is 0 Å². The topological polar surface area (TPSA) is 226 Å². The zero-order chi connectivity index (χ0) is 16.8. The lowest BCUT2D eigenvalue weighted by Gasteiger charge is -2.18. The summed E-state index contributed by atoms with van der Waals surface area (Å²) in [6, 6.07) is -3.44. The van der Waals surface area contributed by atoms with E-state index >= 15 is 0 Å². The fourth-order valence-corrected chi connectivity index (χ4v) is 1.58. The van der Waals surface area contributed by atoms with E-state index < -0.39 is 52.8 Å². The summed E-state index contributed by atoms with van der Waals surface area (Å²) in [6.45, 7) is -1.95. The molecule has 0 spiro atoms. The van der Waals surface area contributed by atoms with Gasteiger partial charge in [-0.2, -0.15) is 0 Å². The summed E-state index contributed by atoms with van der Waals surface area (Å²) in [7, 11) is -9.79. The van der Waals surface area contributed by atoms with E-state index in [1.807, 2.05) is 0 Å². The SMILES string of the molecule is N[C@@H](COP(=O)(O)O)C(=O)N[C@@H](COP(=O)(O)O)C(=O)O. The maximum atomic E-state index is 11.4. The molecule has 0 fully saturated rings. The third-order valence-electron chi connectivity index (χ3n) is 1.78. The van der Waals surface area contributed by atoms with Crippen LogP contribution in [0.2, 0.25) is 0 Å². The van der Waals surface area contributed by atoms with Crippen LogP contribution in [0.15, 0.2) is 0 Å². The third-order valence-corrected chi connectivity index (χ3v) is 2.75. The van der Waals surface area contributed by atoms with E-state index in [2.05, 4.69) is 9.05 Å². The number of rotatable bonds is 9. The Morgan fingerprint density at radius 3 is 1.86 bits per heavy atom. The van der Waals surface area contributed by atoms with Gasteiger partial charge >= 0.3 is 21.6 Å². The van der Waals surface area contributed by atoms with Gasteiger partial charge in [0.25, 0.3) is 0 Å². The predicted octanol–water partition coefficient (Wildman–Crippen LogP) is -2.90. The number of amides is 1. The number of hydrogen-bond acceptors (Lipinski definition) is 7. The van der Waals surface area contributed by atoms with Crippen LogP contribution in [-0.4, -0.2) is 61.9 Å². The second-order valence-corrected chi connectivity index (χ2v) is 6.06. The molecule has 0 saturated heterocycles. The molecule has 0 aromatic rings. The monoisotopic (exact) mass is 352 g/mol. The molecule has 13 nitrogen and oxygen atoms in total. The first-order valence-corrected chi connectivity index (χ1v) is 8.07. The summed E-state index contributed by atoms with van der Waals surface area (Å²) in [4.78, 5) is 55.8. The lowest BCUT2D eigenvalue weighted by molar-refractivity contribution is -0.143. The molecular weight excluding hydrogens is 338 g/mol. The van der Waals surface area contributed by atoms with Crippen molar-refractivity contribution in [3.8, 4) is 0 Å². The first-order valence-electron chi connectivity index (χ1n) is 5.01. The predicted molar refractivity (Wildman–Crippen MR) is 63.5 cm³/mol. The van der Waals surface area contributed by atoms with E-state index in [1.54, 1.807) is 5.32 Å². The Balaban J connectivity index is 4.50. The highest BCUT2D eigenvalue weighted by molar-refractivity contribution is 7.46. The van der Waals surface area contributed by atoms with Crippen molar-refractivity contribution in [3.05, 3.63) is 0 Å². The Morgan fingerprint density at radius 1 is 1.05 bits per heavy atom. The highest BCUT2D eigenvalue weighted by Gasteiger charge is 2.28. The standard InChI is InChI=1S/C6H14N2O11P2/c7-3(1-18-20(12,13)14)5(9)8-4(6(10)11)2-19-21(15,16)17/h3-4H,1-2,7H2,(H,8,9)(H,10,11)(H2,12,13,14)(H2,15,16,17)/t3-,4-/m0/s1. The molecule has 0 aliphatic rings. The van der Waals surface area contributed by atoms with Gasteiger partial charge in [0.05, 0.1) is 13.2 Å². The van der Waals surface area contributed by atoms with Crippen LogP contribution in [0.4, 0.5) is 0 Å². The van der Waals surface area contributed by atoms with Gasteiger partial charge in [0.15, 0.2) is 6.04 Å². The second kappa shape index (κ2) is 7.94. The Bertz CT molecular complexity index is 469. The molecule has 0 aromatic carbocycles. The van der Waals surface area contributed by atoms with Crippen LogP contribution in [0.3, 0.4) is 0 Å². The fraction of sp³-hybridized carbons (Fsp3) is 0.667. The van der Waals surface area contributed by atoms with Gasteiger partial charge in [0.1, 0.15) is 6.04 Å². The molecule has 0 bridgehead atoms. The quantitative estimate of drug-likeness (QED) is 0.207. The van der Waals surface area contributed by atoms with E-state index in [0.29, 0.717) is 0 Å². The van der Waals surface area contributed by atoms with Crippen LogP contribution in [-0.2, 0) is 27.8 Å². The fourth-order valence-electron chi connectivity index (χ4n) is 0.878. The van der Waals surface area contributed by atoms with E-state index in [1.165, 1.54) is 0 Å². The molecule has 21 heavy (non-hydrogen) atoms. The van der Waals surface area contributed by atoms with Gasteiger partial charge in [-0.1, -0.05) is 0 Å². The zero-order valence-electron chi connectivity index (χ0n) is 10.2. The average molecular weight is 352 g/mol. The number of carbonyl (C=O) groups excluding carboxylic acids is 1. The van der Waals surface area contributed by atoms with Gasteiger partial charge in [-0.25, -0.2) is 13.9 Å². The summed E-state index contributed by atoms with van der Waals surface area (Å²) < 4.78 is 28.7. The van der Waals surface area contributed by atoms with E-state index in [9.17, 15) is 18.7 Å². The van der Waals surface area contributed by atoms with Crippen LogP contribution < -0.4 is 11.1 Å². The number of aliphatic carboxylic acids is 1. The molecule has 1 amide bonds. The minimum absolute atomic E-state index is 0.901. The van der Waals surface area contributed by atoms with Crippen molar-refractivity contribution in [2.75, 3.05) is 13.2 Å². The largest absolute Gasteiger partial charge is 0.480 e. The molecule has 0 radical (unpaired) electrons. The summed E-state index contributed by atoms with van der Waals surface area (Å²) in [5, 5.41) is 10.5. The maximum absolute atomic E-state index is 11.4. The first kappa shape index (κ1) is 20.1. The highest BCUT2D eigenvalue weighted by atomic mass is 31.2. The molecule has 2 atom stereocenters. The molecule has 0 aliphatic heterocycles. The lowest BCUT2D eigenvalue weighted by Crippen LogP contribution is -2.51. The van der Waals surface area contributed by atoms with Gasteiger partial charge in [-0.3, -0.25) is 13.8 Å². The number of carboxylic acids is 1. The first-order chi connectivity index (χ1) is 9.32. The van der Waals surface area contributed by atoms with E-state index in [4.69, 9.17) is 30.4 Å². The lowest BCUT2D eigenvalue weighted by atomic mass is 10.2. The molecular formula is C6H14N2O11P2. The molecule has 0 aromatic heterocycles. The number of phosphoric acid groups is 2. The maximum Gasteiger partial charge on any atom is 0.469 e. The number of nitrogens with two attached hydrogens (primary N) is 1.